The Kier molecular flexibility index (Phi) is 6.81. The molecule has 7 aromatic carbocycles. The molecule has 0 aliphatic heterocycles. The molecule has 1 aliphatic rings. The Labute approximate surface area is 294 Å². The zero-order valence-corrected chi connectivity index (χ0v) is 28.1. The fourth-order valence-electron chi connectivity index (χ4n) is 7.75. The van der Waals surface area contributed by atoms with Crippen LogP contribution >= 0.6 is 0 Å². The summed E-state index contributed by atoms with van der Waals surface area (Å²) in [5.74, 6) is 1.66. The number of hydrogen-bond donors (Lipinski definition) is 0. The molecule has 4 heteroatoms. The average molecular weight is 657 g/mol. The van der Waals surface area contributed by atoms with Gasteiger partial charge < -0.3 is 8.83 Å². The quantitative estimate of drug-likeness (QED) is 0.140. The third-order valence-corrected chi connectivity index (χ3v) is 10.2. The number of rotatable bonds is 4. The number of benzene rings is 7. The van der Waals surface area contributed by atoms with Crippen LogP contribution in [0.4, 0.5) is 0 Å². The predicted octanol–water partition coefficient (Wildman–Crippen LogP) is 12.2. The fourth-order valence-corrected chi connectivity index (χ4v) is 7.75. The lowest BCUT2D eigenvalue weighted by Crippen LogP contribution is -2.11. The lowest BCUT2D eigenvalue weighted by atomic mass is 9.89. The highest BCUT2D eigenvalue weighted by Gasteiger charge is 2.27. The Morgan fingerprint density at radius 2 is 1.31 bits per heavy atom. The largest absolute Gasteiger partial charge is 0.460 e. The maximum atomic E-state index is 6.63. The molecule has 0 amide bonds. The lowest BCUT2D eigenvalue weighted by Gasteiger charge is -2.16. The molecular weight excluding hydrogens is 625 g/mol. The van der Waals surface area contributed by atoms with Crippen LogP contribution in [0.15, 0.2) is 170 Å². The Bertz CT molecular complexity index is 2920. The third kappa shape index (κ3) is 4.91. The minimum atomic E-state index is 0.684. The van der Waals surface area contributed by atoms with Gasteiger partial charge in [-0.05, 0) is 75.5 Å². The molecule has 0 bridgehead atoms. The van der Waals surface area contributed by atoms with Gasteiger partial charge in [0.25, 0.3) is 0 Å². The van der Waals surface area contributed by atoms with Crippen LogP contribution in [-0.4, -0.2) is 18.6 Å². The zero-order valence-electron chi connectivity index (χ0n) is 28.1. The minimum absolute atomic E-state index is 0.684. The number of furan rings is 2. The minimum Gasteiger partial charge on any atom is -0.460 e. The summed E-state index contributed by atoms with van der Waals surface area (Å²) in [6.45, 7) is 0. The average Bonchev–Trinajstić information content (AvgIpc) is 3.75. The van der Waals surface area contributed by atoms with Crippen molar-refractivity contribution in [2.75, 3.05) is 7.05 Å². The number of hydrogen-bond acceptors (Lipinski definition) is 3. The van der Waals surface area contributed by atoms with Crippen molar-refractivity contribution in [1.82, 2.24) is 0 Å². The second-order valence-electron chi connectivity index (χ2n) is 13.2. The molecule has 10 rings (SSSR count). The normalized spacial score (nSPS) is 13.8. The van der Waals surface area contributed by atoms with Gasteiger partial charge in [0, 0.05) is 51.9 Å². The molecule has 242 valence electrons. The number of fused-ring (bicyclic) bond motifs is 8. The van der Waals surface area contributed by atoms with Gasteiger partial charge in [-0.1, -0.05) is 115 Å². The van der Waals surface area contributed by atoms with Gasteiger partial charge in [-0.3, -0.25) is 4.99 Å². The van der Waals surface area contributed by atoms with Crippen LogP contribution in [0.3, 0.4) is 0 Å². The first-order valence-corrected chi connectivity index (χ1v) is 17.4. The SMILES string of the molecule is CN=C(N=C(c1ccccc1)c1ccc2ccccc2c1)C1=CCCc2oc3cccc(-c4ccc5oc6cc7ccccc7cc6c5c4)c3c21. The zero-order chi connectivity index (χ0) is 33.9. The number of nitrogens with zero attached hydrogens (tertiary/aromatic N) is 2. The summed E-state index contributed by atoms with van der Waals surface area (Å²) in [5.41, 5.74) is 9.90. The van der Waals surface area contributed by atoms with E-state index in [1.165, 1.54) is 21.5 Å². The van der Waals surface area contributed by atoms with Gasteiger partial charge in [-0.2, -0.15) is 0 Å². The second kappa shape index (κ2) is 11.8. The molecular formula is C47H32N2O2. The van der Waals surface area contributed by atoms with Gasteiger partial charge in [0.1, 0.15) is 22.5 Å². The molecule has 1 aliphatic carbocycles. The van der Waals surface area contributed by atoms with Crippen LogP contribution in [0, 0.1) is 0 Å². The summed E-state index contributed by atoms with van der Waals surface area (Å²) in [6.07, 6.45) is 3.95. The van der Waals surface area contributed by atoms with Crippen molar-refractivity contribution in [1.29, 1.82) is 0 Å². The number of allylic oxidation sites excluding steroid dienone is 1. The molecule has 0 N–H and O–H groups in total. The Hall–Kier alpha value is -6.52. The van der Waals surface area contributed by atoms with E-state index in [0.717, 1.165) is 90.6 Å². The summed E-state index contributed by atoms with van der Waals surface area (Å²) in [6, 6.07) is 51.1. The van der Waals surface area contributed by atoms with Crippen molar-refractivity contribution in [2.24, 2.45) is 9.98 Å². The monoisotopic (exact) mass is 656 g/mol. The molecule has 0 saturated heterocycles. The third-order valence-electron chi connectivity index (χ3n) is 10.2. The second-order valence-corrected chi connectivity index (χ2v) is 13.2. The number of amidine groups is 1. The highest BCUT2D eigenvalue weighted by atomic mass is 16.3. The lowest BCUT2D eigenvalue weighted by molar-refractivity contribution is 0.546. The molecule has 51 heavy (non-hydrogen) atoms. The topological polar surface area (TPSA) is 51.0 Å². The van der Waals surface area contributed by atoms with E-state index in [2.05, 4.69) is 146 Å². The maximum Gasteiger partial charge on any atom is 0.155 e. The summed E-state index contributed by atoms with van der Waals surface area (Å²) < 4.78 is 13.0. The summed E-state index contributed by atoms with van der Waals surface area (Å²) in [7, 11) is 1.84. The van der Waals surface area contributed by atoms with Gasteiger partial charge in [-0.25, -0.2) is 4.99 Å². The fraction of sp³-hybridized carbons (Fsp3) is 0.0638. The molecule has 0 atom stereocenters. The van der Waals surface area contributed by atoms with Crippen LogP contribution in [0.25, 0.3) is 71.2 Å². The summed E-state index contributed by atoms with van der Waals surface area (Å²) in [4.78, 5) is 10.2. The first-order chi connectivity index (χ1) is 25.2. The van der Waals surface area contributed by atoms with E-state index in [1.807, 2.05) is 13.1 Å². The highest BCUT2D eigenvalue weighted by Crippen LogP contribution is 2.43. The predicted molar refractivity (Wildman–Crippen MR) is 212 cm³/mol. The van der Waals surface area contributed by atoms with E-state index < -0.39 is 0 Å². The summed E-state index contributed by atoms with van der Waals surface area (Å²) in [5, 5.41) is 8.04. The number of aryl methyl sites for hydroxylation is 1. The van der Waals surface area contributed by atoms with Gasteiger partial charge in [0.15, 0.2) is 5.84 Å². The van der Waals surface area contributed by atoms with Gasteiger partial charge in [0.05, 0.1) is 5.71 Å². The Morgan fingerprint density at radius 3 is 2.14 bits per heavy atom. The van der Waals surface area contributed by atoms with Gasteiger partial charge in [0.2, 0.25) is 0 Å². The first kappa shape index (κ1) is 29.4. The Morgan fingerprint density at radius 1 is 0.569 bits per heavy atom. The molecule has 0 unspecified atom stereocenters. The van der Waals surface area contributed by atoms with Crippen molar-refractivity contribution in [3.63, 3.8) is 0 Å². The number of aliphatic imine (C=N–C) groups is 2. The van der Waals surface area contributed by atoms with Crippen LogP contribution in [-0.2, 0) is 6.42 Å². The van der Waals surface area contributed by atoms with Crippen LogP contribution in [0.5, 0.6) is 0 Å². The van der Waals surface area contributed by atoms with Crippen molar-refractivity contribution in [3.05, 3.63) is 174 Å². The molecule has 0 radical (unpaired) electrons. The molecule has 0 spiro atoms. The first-order valence-electron chi connectivity index (χ1n) is 17.4. The smallest absolute Gasteiger partial charge is 0.155 e. The van der Waals surface area contributed by atoms with Crippen molar-refractivity contribution in [2.45, 2.75) is 12.8 Å². The van der Waals surface area contributed by atoms with Crippen molar-refractivity contribution < 1.29 is 8.83 Å². The van der Waals surface area contributed by atoms with E-state index >= 15 is 0 Å². The molecule has 0 saturated carbocycles. The molecule has 0 fully saturated rings. The van der Waals surface area contributed by atoms with E-state index in [0.29, 0.717) is 5.84 Å². The van der Waals surface area contributed by atoms with E-state index in [-0.39, 0.29) is 0 Å². The molecule has 4 nitrogen and oxygen atoms in total. The van der Waals surface area contributed by atoms with E-state index in [1.54, 1.807) is 0 Å². The van der Waals surface area contributed by atoms with Crippen LogP contribution < -0.4 is 0 Å². The molecule has 2 heterocycles. The molecule has 9 aromatic rings. The van der Waals surface area contributed by atoms with Gasteiger partial charge >= 0.3 is 0 Å². The molecule has 2 aromatic heterocycles. The Balaban J connectivity index is 1.14. The maximum absolute atomic E-state index is 6.63. The van der Waals surface area contributed by atoms with Crippen molar-refractivity contribution in [3.8, 4) is 11.1 Å². The van der Waals surface area contributed by atoms with E-state index in [9.17, 15) is 0 Å². The van der Waals surface area contributed by atoms with E-state index in [4.69, 9.17) is 18.8 Å². The van der Waals surface area contributed by atoms with Crippen LogP contribution in [0.1, 0.15) is 28.9 Å². The summed E-state index contributed by atoms with van der Waals surface area (Å²) >= 11 is 0. The van der Waals surface area contributed by atoms with Gasteiger partial charge in [-0.15, -0.1) is 0 Å². The highest BCUT2D eigenvalue weighted by molar-refractivity contribution is 6.32. The standard InChI is InChI=1S/C47H32N2O2/c1-48-47(49-46(30-12-3-2-4-13-30)35-22-21-29-11-5-6-14-31(29)25-35)37-18-10-20-42-45(37)44-36(17-9-19-41(44)51-42)34-23-24-40-38(27-34)39-26-32-15-7-8-16-33(32)28-43(39)50-40/h2-9,11-19,21-28H,10,20H2,1H3. The van der Waals surface area contributed by atoms with Crippen LogP contribution in [0.2, 0.25) is 0 Å². The van der Waals surface area contributed by atoms with Crippen molar-refractivity contribution >= 4 is 71.6 Å².